The van der Waals surface area contributed by atoms with Gasteiger partial charge in [0.15, 0.2) is 0 Å². The molecule has 1 rings (SSSR count). The van der Waals surface area contributed by atoms with Crippen molar-refractivity contribution in [2.24, 2.45) is 11.7 Å². The highest BCUT2D eigenvalue weighted by Crippen LogP contribution is 2.28. The van der Waals surface area contributed by atoms with Crippen LogP contribution in [-0.2, 0) is 4.79 Å². The summed E-state index contributed by atoms with van der Waals surface area (Å²) in [5.74, 6) is -0.207. The Morgan fingerprint density at radius 3 is 2.73 bits per heavy atom. The molecular formula is C11H20N2O2. The third-order valence-electron chi connectivity index (χ3n) is 2.81. The van der Waals surface area contributed by atoms with Gasteiger partial charge in [0.2, 0.25) is 0 Å². The first-order valence-corrected chi connectivity index (χ1v) is 5.61. The number of allylic oxidation sites excluding steroid dienone is 1. The van der Waals surface area contributed by atoms with Gasteiger partial charge < -0.3 is 16.2 Å². The van der Waals surface area contributed by atoms with Gasteiger partial charge in [-0.2, -0.15) is 0 Å². The Hall–Kier alpha value is -1.19. The fourth-order valence-corrected chi connectivity index (χ4v) is 1.91. The molecule has 0 aromatic rings. The van der Waals surface area contributed by atoms with Gasteiger partial charge in [0.05, 0.1) is 0 Å². The summed E-state index contributed by atoms with van der Waals surface area (Å²) < 4.78 is 0. The van der Waals surface area contributed by atoms with Gasteiger partial charge in [-0.15, -0.1) is 0 Å². The summed E-state index contributed by atoms with van der Waals surface area (Å²) in [6, 6.07) is 0. The lowest BCUT2D eigenvalue weighted by atomic mass is 10.1. The molecule has 1 aliphatic carbocycles. The Morgan fingerprint density at radius 2 is 2.13 bits per heavy atom. The SMILES string of the molecule is N/C(=C\NCCCC(=O)O)C1CCCC1. The molecule has 0 heterocycles. The summed E-state index contributed by atoms with van der Waals surface area (Å²) in [6.45, 7) is 0.680. The zero-order valence-electron chi connectivity index (χ0n) is 9.04. The summed E-state index contributed by atoms with van der Waals surface area (Å²) in [6.07, 6.45) is 7.64. The molecule has 15 heavy (non-hydrogen) atoms. The van der Waals surface area contributed by atoms with Gasteiger partial charge in [-0.3, -0.25) is 4.79 Å². The number of hydrogen-bond donors (Lipinski definition) is 3. The number of nitrogens with one attached hydrogen (secondary N) is 1. The predicted molar refractivity (Wildman–Crippen MR) is 59.1 cm³/mol. The smallest absolute Gasteiger partial charge is 0.303 e. The van der Waals surface area contributed by atoms with Crippen LogP contribution >= 0.6 is 0 Å². The largest absolute Gasteiger partial charge is 0.481 e. The maximum atomic E-state index is 10.2. The van der Waals surface area contributed by atoms with E-state index in [9.17, 15) is 4.79 Å². The van der Waals surface area contributed by atoms with Crippen molar-refractivity contribution in [1.82, 2.24) is 5.32 Å². The third kappa shape index (κ3) is 4.72. The fourth-order valence-electron chi connectivity index (χ4n) is 1.91. The third-order valence-corrected chi connectivity index (χ3v) is 2.81. The molecule has 86 valence electrons. The van der Waals surface area contributed by atoms with Crippen molar-refractivity contribution >= 4 is 5.97 Å². The van der Waals surface area contributed by atoms with Crippen molar-refractivity contribution in [3.8, 4) is 0 Å². The maximum absolute atomic E-state index is 10.2. The number of nitrogens with two attached hydrogens (primary N) is 1. The first-order chi connectivity index (χ1) is 7.20. The number of carboxylic acid groups (broad SMARTS) is 1. The fraction of sp³-hybridized carbons (Fsp3) is 0.727. The quantitative estimate of drug-likeness (QED) is 0.582. The summed E-state index contributed by atoms with van der Waals surface area (Å²) in [4.78, 5) is 10.2. The van der Waals surface area contributed by atoms with Crippen LogP contribution in [0.15, 0.2) is 11.9 Å². The Bertz CT molecular complexity index is 233. The predicted octanol–water partition coefficient (Wildman–Crippen LogP) is 1.43. The minimum atomic E-state index is -0.746. The van der Waals surface area contributed by atoms with Crippen molar-refractivity contribution in [2.45, 2.75) is 38.5 Å². The monoisotopic (exact) mass is 212 g/mol. The number of hydrogen-bond acceptors (Lipinski definition) is 3. The van der Waals surface area contributed by atoms with Gasteiger partial charge in [0.1, 0.15) is 0 Å². The second-order valence-corrected chi connectivity index (χ2v) is 4.08. The van der Waals surface area contributed by atoms with E-state index in [2.05, 4.69) is 5.32 Å². The Balaban J connectivity index is 2.11. The number of carboxylic acids is 1. The van der Waals surface area contributed by atoms with Crippen LogP contribution < -0.4 is 11.1 Å². The summed E-state index contributed by atoms with van der Waals surface area (Å²) in [5, 5.41) is 11.5. The highest BCUT2D eigenvalue weighted by atomic mass is 16.4. The van der Waals surface area contributed by atoms with E-state index < -0.39 is 5.97 Å². The highest BCUT2D eigenvalue weighted by Gasteiger charge is 2.16. The molecule has 0 radical (unpaired) electrons. The van der Waals surface area contributed by atoms with Crippen LogP contribution in [0.1, 0.15) is 38.5 Å². The molecule has 0 atom stereocenters. The number of aliphatic carboxylic acids is 1. The van der Waals surface area contributed by atoms with Gasteiger partial charge in [0.25, 0.3) is 0 Å². The summed E-state index contributed by atoms with van der Waals surface area (Å²) in [5.41, 5.74) is 6.82. The second-order valence-electron chi connectivity index (χ2n) is 4.08. The molecule has 4 N–H and O–H groups in total. The molecule has 0 spiro atoms. The van der Waals surface area contributed by atoms with E-state index in [1.54, 1.807) is 0 Å². The molecule has 0 aromatic carbocycles. The van der Waals surface area contributed by atoms with Crippen molar-refractivity contribution in [2.75, 3.05) is 6.54 Å². The lowest BCUT2D eigenvalue weighted by Gasteiger charge is -2.09. The Morgan fingerprint density at radius 1 is 1.47 bits per heavy atom. The summed E-state index contributed by atoms with van der Waals surface area (Å²) >= 11 is 0. The Labute approximate surface area is 90.5 Å². The van der Waals surface area contributed by atoms with E-state index in [1.807, 2.05) is 6.20 Å². The van der Waals surface area contributed by atoms with Gasteiger partial charge in [0, 0.05) is 24.9 Å². The normalized spacial score (nSPS) is 18.0. The van der Waals surface area contributed by atoms with Gasteiger partial charge in [-0.05, 0) is 25.2 Å². The van der Waals surface area contributed by atoms with Crippen LogP contribution in [0.3, 0.4) is 0 Å². The van der Waals surface area contributed by atoms with Crippen LogP contribution in [-0.4, -0.2) is 17.6 Å². The van der Waals surface area contributed by atoms with Gasteiger partial charge in [-0.1, -0.05) is 12.8 Å². The van der Waals surface area contributed by atoms with Crippen LogP contribution in [0.5, 0.6) is 0 Å². The van der Waals surface area contributed by atoms with E-state index in [0.29, 0.717) is 18.9 Å². The first-order valence-electron chi connectivity index (χ1n) is 5.61. The molecule has 0 amide bonds. The molecule has 1 fully saturated rings. The topological polar surface area (TPSA) is 75.3 Å². The lowest BCUT2D eigenvalue weighted by molar-refractivity contribution is -0.137. The molecule has 1 saturated carbocycles. The van der Waals surface area contributed by atoms with Crippen LogP contribution in [0.2, 0.25) is 0 Å². The molecule has 0 aliphatic heterocycles. The molecule has 4 heteroatoms. The van der Waals surface area contributed by atoms with E-state index in [-0.39, 0.29) is 6.42 Å². The van der Waals surface area contributed by atoms with Crippen LogP contribution in [0.25, 0.3) is 0 Å². The summed E-state index contributed by atoms with van der Waals surface area (Å²) in [7, 11) is 0. The Kier molecular flexibility index (Phi) is 5.01. The maximum Gasteiger partial charge on any atom is 0.303 e. The zero-order chi connectivity index (χ0) is 11.1. The standard InChI is InChI=1S/C11H20N2O2/c12-10(9-4-1-2-5-9)8-13-7-3-6-11(14)15/h8-9,13H,1-7,12H2,(H,14,15)/b10-8-. The van der Waals surface area contributed by atoms with Crippen molar-refractivity contribution in [3.05, 3.63) is 11.9 Å². The molecule has 4 nitrogen and oxygen atoms in total. The van der Waals surface area contributed by atoms with Crippen molar-refractivity contribution in [3.63, 3.8) is 0 Å². The lowest BCUT2D eigenvalue weighted by Crippen LogP contribution is -2.16. The minimum absolute atomic E-state index is 0.212. The first kappa shape index (κ1) is 11.9. The van der Waals surface area contributed by atoms with E-state index in [0.717, 1.165) is 5.70 Å². The zero-order valence-corrected chi connectivity index (χ0v) is 9.04. The second kappa shape index (κ2) is 6.32. The molecule has 0 saturated heterocycles. The molecule has 0 aromatic heterocycles. The van der Waals surface area contributed by atoms with E-state index in [4.69, 9.17) is 10.8 Å². The average molecular weight is 212 g/mol. The molecule has 0 unspecified atom stereocenters. The van der Waals surface area contributed by atoms with Gasteiger partial charge >= 0.3 is 5.97 Å². The van der Waals surface area contributed by atoms with Gasteiger partial charge in [-0.25, -0.2) is 0 Å². The minimum Gasteiger partial charge on any atom is -0.481 e. The highest BCUT2D eigenvalue weighted by molar-refractivity contribution is 5.66. The van der Waals surface area contributed by atoms with Crippen molar-refractivity contribution in [1.29, 1.82) is 0 Å². The van der Waals surface area contributed by atoms with Crippen LogP contribution in [0.4, 0.5) is 0 Å². The number of carbonyl (C=O) groups is 1. The average Bonchev–Trinajstić information content (AvgIpc) is 2.69. The van der Waals surface area contributed by atoms with Crippen LogP contribution in [0, 0.1) is 5.92 Å². The van der Waals surface area contributed by atoms with Crippen molar-refractivity contribution < 1.29 is 9.90 Å². The molecular weight excluding hydrogens is 192 g/mol. The molecule has 0 bridgehead atoms. The number of rotatable bonds is 6. The molecule has 1 aliphatic rings. The van der Waals surface area contributed by atoms with E-state index in [1.165, 1.54) is 25.7 Å². The van der Waals surface area contributed by atoms with E-state index >= 15 is 0 Å².